The Hall–Kier alpha value is -0.0800. The maximum absolute atomic E-state index is 6.45. The van der Waals surface area contributed by atoms with Gasteiger partial charge in [-0.15, -0.1) is 0 Å². The smallest absolute Gasteiger partial charge is 0.0723 e. The number of fused-ring (bicyclic) bond motifs is 9. The Morgan fingerprint density at radius 1 is 0.625 bits per heavy atom. The van der Waals surface area contributed by atoms with Gasteiger partial charge in [0.15, 0.2) is 0 Å². The molecule has 0 amide bonds. The third-order valence-corrected chi connectivity index (χ3v) is 6.13. The van der Waals surface area contributed by atoms with E-state index in [0.29, 0.717) is 11.8 Å². The molecule has 0 aromatic carbocycles. The molecule has 4 aliphatic rings. The molecule has 0 spiro atoms. The van der Waals surface area contributed by atoms with Crippen LogP contribution in [0.15, 0.2) is 0 Å². The van der Waals surface area contributed by atoms with Gasteiger partial charge in [-0.05, 0) is 53.4 Å². The van der Waals surface area contributed by atoms with Crippen molar-refractivity contribution >= 4 is 0 Å². The quantitative estimate of drug-likeness (QED) is 0.627. The van der Waals surface area contributed by atoms with E-state index in [9.17, 15) is 0 Å². The third kappa shape index (κ3) is 0.799. The van der Waals surface area contributed by atoms with Gasteiger partial charge >= 0.3 is 0 Å². The average molecular weight is 222 g/mol. The van der Waals surface area contributed by atoms with Crippen molar-refractivity contribution in [3.63, 3.8) is 0 Å². The van der Waals surface area contributed by atoms with Gasteiger partial charge in [-0.3, -0.25) is 0 Å². The SMILES string of the molecule is CC12CCC(C)(O1)C1C2C2(C)CCC1(C)O2. The van der Waals surface area contributed by atoms with Crippen LogP contribution in [-0.2, 0) is 9.47 Å². The van der Waals surface area contributed by atoms with E-state index in [4.69, 9.17) is 9.47 Å². The molecule has 4 rings (SSSR count). The molecule has 90 valence electrons. The van der Waals surface area contributed by atoms with E-state index in [-0.39, 0.29) is 22.4 Å². The van der Waals surface area contributed by atoms with Crippen LogP contribution in [0.3, 0.4) is 0 Å². The molecule has 4 bridgehead atoms. The summed E-state index contributed by atoms with van der Waals surface area (Å²) < 4.78 is 12.9. The van der Waals surface area contributed by atoms with Crippen LogP contribution in [0.1, 0.15) is 53.4 Å². The zero-order valence-electron chi connectivity index (χ0n) is 10.8. The minimum atomic E-state index is 0.0896. The topological polar surface area (TPSA) is 18.5 Å². The van der Waals surface area contributed by atoms with E-state index in [1.54, 1.807) is 0 Å². The number of ether oxygens (including phenoxy) is 2. The first-order chi connectivity index (χ1) is 7.32. The fraction of sp³-hybridized carbons (Fsp3) is 1.00. The summed E-state index contributed by atoms with van der Waals surface area (Å²) in [4.78, 5) is 0. The van der Waals surface area contributed by atoms with Gasteiger partial charge in [0.25, 0.3) is 0 Å². The second-order valence-electron chi connectivity index (χ2n) is 7.41. The molecule has 4 aliphatic heterocycles. The Labute approximate surface area is 97.7 Å². The molecule has 0 N–H and O–H groups in total. The van der Waals surface area contributed by atoms with Crippen molar-refractivity contribution in [3.05, 3.63) is 0 Å². The van der Waals surface area contributed by atoms with E-state index in [2.05, 4.69) is 27.7 Å². The predicted molar refractivity (Wildman–Crippen MR) is 61.2 cm³/mol. The van der Waals surface area contributed by atoms with Crippen LogP contribution in [0.5, 0.6) is 0 Å². The summed E-state index contributed by atoms with van der Waals surface area (Å²) >= 11 is 0. The minimum Gasteiger partial charge on any atom is -0.368 e. The van der Waals surface area contributed by atoms with Crippen molar-refractivity contribution in [2.45, 2.75) is 75.8 Å². The first-order valence-electron chi connectivity index (χ1n) is 6.72. The molecule has 2 heteroatoms. The monoisotopic (exact) mass is 222 g/mol. The molecule has 0 radical (unpaired) electrons. The van der Waals surface area contributed by atoms with E-state index in [0.717, 1.165) is 0 Å². The highest BCUT2D eigenvalue weighted by atomic mass is 16.6. The Bertz CT molecular complexity index is 313. The van der Waals surface area contributed by atoms with Crippen LogP contribution in [-0.4, -0.2) is 22.4 Å². The normalized spacial score (nSPS) is 71.2. The molecule has 0 aliphatic carbocycles. The summed E-state index contributed by atoms with van der Waals surface area (Å²) in [5.74, 6) is 1.25. The largest absolute Gasteiger partial charge is 0.368 e. The summed E-state index contributed by atoms with van der Waals surface area (Å²) in [5.41, 5.74) is 0.359. The van der Waals surface area contributed by atoms with E-state index < -0.39 is 0 Å². The average Bonchev–Trinajstić information content (AvgIpc) is 2.77. The standard InChI is InChI=1S/C14H22O2/c1-11-5-6-13(3,15-11)10-9(11)12(2)7-8-14(10,4)16-12/h9-10H,5-8H2,1-4H3. The zero-order chi connectivity index (χ0) is 11.4. The molecule has 4 atom stereocenters. The van der Waals surface area contributed by atoms with E-state index in [1.807, 2.05) is 0 Å². The Morgan fingerprint density at radius 3 is 1.12 bits per heavy atom. The number of hydrogen-bond donors (Lipinski definition) is 0. The molecule has 4 saturated heterocycles. The second-order valence-corrected chi connectivity index (χ2v) is 7.41. The Balaban J connectivity index is 1.91. The lowest BCUT2D eigenvalue weighted by Crippen LogP contribution is -2.51. The van der Waals surface area contributed by atoms with Crippen LogP contribution >= 0.6 is 0 Å². The lowest BCUT2D eigenvalue weighted by Gasteiger charge is -2.43. The van der Waals surface area contributed by atoms with E-state index in [1.165, 1.54) is 25.7 Å². The molecule has 16 heavy (non-hydrogen) atoms. The fourth-order valence-electron chi connectivity index (χ4n) is 5.84. The number of rotatable bonds is 0. The first kappa shape index (κ1) is 9.90. The first-order valence-corrected chi connectivity index (χ1v) is 6.72. The minimum absolute atomic E-state index is 0.0896. The molecule has 0 aromatic rings. The highest BCUT2D eigenvalue weighted by Crippen LogP contribution is 2.72. The van der Waals surface area contributed by atoms with Gasteiger partial charge < -0.3 is 9.47 Å². The highest BCUT2D eigenvalue weighted by molar-refractivity contribution is 5.26. The molecule has 4 unspecified atom stereocenters. The molecule has 2 nitrogen and oxygen atoms in total. The third-order valence-electron chi connectivity index (χ3n) is 6.13. The van der Waals surface area contributed by atoms with Crippen LogP contribution in [0.2, 0.25) is 0 Å². The van der Waals surface area contributed by atoms with Gasteiger partial charge in [0.2, 0.25) is 0 Å². The highest BCUT2D eigenvalue weighted by Gasteiger charge is 2.78. The predicted octanol–water partition coefficient (Wildman–Crippen LogP) is 2.90. The fourth-order valence-corrected chi connectivity index (χ4v) is 5.84. The summed E-state index contributed by atoms with van der Waals surface area (Å²) in [7, 11) is 0. The molecule has 4 fully saturated rings. The Morgan fingerprint density at radius 2 is 0.875 bits per heavy atom. The van der Waals surface area contributed by atoms with Crippen LogP contribution in [0, 0.1) is 11.8 Å². The van der Waals surface area contributed by atoms with Crippen molar-refractivity contribution in [1.82, 2.24) is 0 Å². The van der Waals surface area contributed by atoms with Gasteiger partial charge in [-0.25, -0.2) is 0 Å². The molecular weight excluding hydrogens is 200 g/mol. The Kier molecular flexibility index (Phi) is 1.39. The number of hydrogen-bond acceptors (Lipinski definition) is 2. The lowest BCUT2D eigenvalue weighted by atomic mass is 9.55. The van der Waals surface area contributed by atoms with Crippen LogP contribution in [0.25, 0.3) is 0 Å². The van der Waals surface area contributed by atoms with Crippen LogP contribution in [0.4, 0.5) is 0 Å². The summed E-state index contributed by atoms with van der Waals surface area (Å²) in [6.07, 6.45) is 4.89. The van der Waals surface area contributed by atoms with Gasteiger partial charge in [-0.2, -0.15) is 0 Å². The maximum Gasteiger partial charge on any atom is 0.0723 e. The van der Waals surface area contributed by atoms with Crippen molar-refractivity contribution in [2.75, 3.05) is 0 Å². The summed E-state index contributed by atoms with van der Waals surface area (Å²) in [6, 6.07) is 0. The van der Waals surface area contributed by atoms with Crippen molar-refractivity contribution in [1.29, 1.82) is 0 Å². The van der Waals surface area contributed by atoms with E-state index >= 15 is 0 Å². The van der Waals surface area contributed by atoms with Gasteiger partial charge in [0, 0.05) is 11.8 Å². The second kappa shape index (κ2) is 2.24. The van der Waals surface area contributed by atoms with Crippen molar-refractivity contribution in [3.8, 4) is 0 Å². The molecule has 4 heterocycles. The van der Waals surface area contributed by atoms with Gasteiger partial charge in [0.1, 0.15) is 0 Å². The molecule has 0 aromatic heterocycles. The molecular formula is C14H22O2. The maximum atomic E-state index is 6.45. The van der Waals surface area contributed by atoms with Gasteiger partial charge in [0.05, 0.1) is 22.4 Å². The zero-order valence-corrected chi connectivity index (χ0v) is 10.8. The molecule has 0 saturated carbocycles. The van der Waals surface area contributed by atoms with Crippen molar-refractivity contribution < 1.29 is 9.47 Å². The van der Waals surface area contributed by atoms with Gasteiger partial charge in [-0.1, -0.05) is 0 Å². The lowest BCUT2D eigenvalue weighted by molar-refractivity contribution is -0.129. The summed E-state index contributed by atoms with van der Waals surface area (Å²) in [5, 5.41) is 0. The van der Waals surface area contributed by atoms with Crippen molar-refractivity contribution in [2.24, 2.45) is 11.8 Å². The van der Waals surface area contributed by atoms with Crippen LogP contribution < -0.4 is 0 Å². The summed E-state index contributed by atoms with van der Waals surface area (Å²) in [6.45, 7) is 9.28.